The molecule has 0 bridgehead atoms. The van der Waals surface area contributed by atoms with Gasteiger partial charge in [-0.3, -0.25) is 4.90 Å². The van der Waals surface area contributed by atoms with Crippen LogP contribution in [0.25, 0.3) is 0 Å². The summed E-state index contributed by atoms with van der Waals surface area (Å²) in [6.07, 6.45) is 0.726. The molecule has 7 nitrogen and oxygen atoms in total. The van der Waals surface area contributed by atoms with E-state index in [1.807, 2.05) is 13.8 Å². The van der Waals surface area contributed by atoms with Gasteiger partial charge in [-0.1, -0.05) is 23.7 Å². The van der Waals surface area contributed by atoms with Gasteiger partial charge in [-0.2, -0.15) is 9.29 Å². The van der Waals surface area contributed by atoms with Gasteiger partial charge >= 0.3 is 0 Å². The first-order valence-electron chi connectivity index (χ1n) is 8.24. The molecule has 0 amide bonds. The maximum atomic E-state index is 12.7. The molecule has 3 rings (SSSR count). The van der Waals surface area contributed by atoms with Gasteiger partial charge < -0.3 is 4.52 Å². The second kappa shape index (κ2) is 7.41. The third-order valence-electron chi connectivity index (χ3n) is 4.43. The maximum Gasteiger partial charge on any atom is 0.243 e. The van der Waals surface area contributed by atoms with E-state index in [1.165, 1.54) is 16.4 Å². The summed E-state index contributed by atoms with van der Waals surface area (Å²) in [6, 6.07) is 6.23. The van der Waals surface area contributed by atoms with E-state index >= 15 is 0 Å². The van der Waals surface area contributed by atoms with E-state index < -0.39 is 10.0 Å². The highest BCUT2D eigenvalue weighted by atomic mass is 35.5. The molecule has 1 aromatic carbocycles. The van der Waals surface area contributed by atoms with Crippen molar-refractivity contribution in [1.82, 2.24) is 19.3 Å². The monoisotopic (exact) mass is 384 g/mol. The highest BCUT2D eigenvalue weighted by Crippen LogP contribution is 2.24. The Kier molecular flexibility index (Phi) is 5.43. The Hall–Kier alpha value is -1.48. The Morgan fingerprint density at radius 3 is 2.40 bits per heavy atom. The number of halogens is 1. The number of aromatic nitrogens is 2. The fraction of sp³-hybridized carbons (Fsp3) is 0.500. The smallest absolute Gasteiger partial charge is 0.243 e. The molecule has 1 aliphatic heterocycles. The van der Waals surface area contributed by atoms with Crippen molar-refractivity contribution in [1.29, 1.82) is 0 Å². The van der Waals surface area contributed by atoms with Crippen LogP contribution in [-0.2, 0) is 16.4 Å². The molecule has 0 saturated carbocycles. The molecule has 0 radical (unpaired) electrons. The molecule has 2 aromatic rings. The van der Waals surface area contributed by atoms with Crippen molar-refractivity contribution in [3.63, 3.8) is 0 Å². The average molecular weight is 385 g/mol. The Bertz CT molecular complexity index is 814. The first-order chi connectivity index (χ1) is 11.9. The molecule has 0 aliphatic carbocycles. The normalized spacial score (nSPS) is 18.4. The highest BCUT2D eigenvalue weighted by Gasteiger charge is 2.31. The maximum absolute atomic E-state index is 12.7. The molecule has 1 atom stereocenters. The molecule has 1 aromatic heterocycles. The van der Waals surface area contributed by atoms with Crippen LogP contribution in [0.4, 0.5) is 0 Å². The summed E-state index contributed by atoms with van der Waals surface area (Å²) >= 11 is 5.84. The molecule has 9 heteroatoms. The molecule has 2 heterocycles. The number of benzene rings is 1. The van der Waals surface area contributed by atoms with Gasteiger partial charge in [-0.25, -0.2) is 8.42 Å². The lowest BCUT2D eigenvalue weighted by molar-refractivity contribution is 0.124. The fourth-order valence-corrected chi connectivity index (χ4v) is 4.37. The van der Waals surface area contributed by atoms with Gasteiger partial charge in [-0.05, 0) is 31.2 Å². The van der Waals surface area contributed by atoms with Gasteiger partial charge in [0, 0.05) is 37.6 Å². The lowest BCUT2D eigenvalue weighted by Crippen LogP contribution is -2.49. The van der Waals surface area contributed by atoms with Crippen LogP contribution >= 0.6 is 11.6 Å². The molecular formula is C16H21ClN4O3S. The van der Waals surface area contributed by atoms with E-state index in [4.69, 9.17) is 16.1 Å². The number of sulfonamides is 1. The zero-order valence-corrected chi connectivity index (χ0v) is 15.8. The van der Waals surface area contributed by atoms with Crippen LogP contribution in [0.1, 0.15) is 31.6 Å². The second-order valence-electron chi connectivity index (χ2n) is 5.97. The van der Waals surface area contributed by atoms with Crippen molar-refractivity contribution in [3.8, 4) is 0 Å². The predicted octanol–water partition coefficient (Wildman–Crippen LogP) is 2.35. The van der Waals surface area contributed by atoms with E-state index in [0.29, 0.717) is 42.9 Å². The largest absolute Gasteiger partial charge is 0.338 e. The number of piperazine rings is 1. The Morgan fingerprint density at radius 2 is 1.84 bits per heavy atom. The Labute approximate surface area is 152 Å². The van der Waals surface area contributed by atoms with Crippen LogP contribution in [0.15, 0.2) is 33.7 Å². The van der Waals surface area contributed by atoms with E-state index in [0.717, 1.165) is 6.42 Å². The minimum absolute atomic E-state index is 0.0341. The second-order valence-corrected chi connectivity index (χ2v) is 8.35. The third kappa shape index (κ3) is 3.87. The minimum atomic E-state index is -3.50. The molecule has 1 saturated heterocycles. The lowest BCUT2D eigenvalue weighted by Gasteiger charge is -2.36. The topological polar surface area (TPSA) is 79.5 Å². The van der Waals surface area contributed by atoms with Gasteiger partial charge in [0.1, 0.15) is 0 Å². The summed E-state index contributed by atoms with van der Waals surface area (Å²) in [5.41, 5.74) is 0. The SMILES string of the molecule is CCc1noc(C(C)N2CCN(S(=O)(=O)c3ccc(Cl)cc3)CC2)n1. The van der Waals surface area contributed by atoms with Crippen LogP contribution in [0, 0.1) is 0 Å². The summed E-state index contributed by atoms with van der Waals surface area (Å²) in [5, 5.41) is 4.44. The van der Waals surface area contributed by atoms with Gasteiger partial charge in [0.15, 0.2) is 5.82 Å². The van der Waals surface area contributed by atoms with Crippen LogP contribution in [0.3, 0.4) is 0 Å². The summed E-state index contributed by atoms with van der Waals surface area (Å²) in [7, 11) is -3.50. The number of rotatable bonds is 5. The fourth-order valence-electron chi connectivity index (χ4n) is 2.82. The van der Waals surface area contributed by atoms with Gasteiger partial charge in [0.2, 0.25) is 15.9 Å². The van der Waals surface area contributed by atoms with Gasteiger partial charge in [0.25, 0.3) is 0 Å². The number of aryl methyl sites for hydroxylation is 1. The van der Waals surface area contributed by atoms with Crippen molar-refractivity contribution >= 4 is 21.6 Å². The Balaban J connectivity index is 1.65. The zero-order valence-electron chi connectivity index (χ0n) is 14.2. The average Bonchev–Trinajstić information content (AvgIpc) is 3.11. The van der Waals surface area contributed by atoms with E-state index in [-0.39, 0.29) is 10.9 Å². The van der Waals surface area contributed by atoms with Crippen LogP contribution in [0.5, 0.6) is 0 Å². The molecular weight excluding hydrogens is 364 g/mol. The molecule has 0 N–H and O–H groups in total. The quantitative estimate of drug-likeness (QED) is 0.787. The van der Waals surface area contributed by atoms with Gasteiger partial charge in [0.05, 0.1) is 10.9 Å². The first kappa shape index (κ1) is 18.3. The summed E-state index contributed by atoms with van der Waals surface area (Å²) in [6.45, 7) is 6.03. The van der Waals surface area contributed by atoms with Crippen molar-refractivity contribution in [2.45, 2.75) is 31.2 Å². The van der Waals surface area contributed by atoms with Crippen LogP contribution in [0.2, 0.25) is 5.02 Å². The summed E-state index contributed by atoms with van der Waals surface area (Å²) < 4.78 is 32.2. The standard InChI is InChI=1S/C16H21ClN4O3S/c1-3-15-18-16(24-19-15)12(2)20-8-10-21(11-9-20)25(22,23)14-6-4-13(17)5-7-14/h4-7,12H,3,8-11H2,1-2H3. The minimum Gasteiger partial charge on any atom is -0.338 e. The zero-order chi connectivity index (χ0) is 18.0. The molecule has 25 heavy (non-hydrogen) atoms. The molecule has 1 fully saturated rings. The number of nitrogens with zero attached hydrogens (tertiary/aromatic N) is 4. The van der Waals surface area contributed by atoms with Gasteiger partial charge in [-0.15, -0.1) is 0 Å². The van der Waals surface area contributed by atoms with E-state index in [2.05, 4.69) is 15.0 Å². The summed E-state index contributed by atoms with van der Waals surface area (Å²) in [5.74, 6) is 1.26. The molecule has 0 spiro atoms. The highest BCUT2D eigenvalue weighted by molar-refractivity contribution is 7.89. The summed E-state index contributed by atoms with van der Waals surface area (Å²) in [4.78, 5) is 6.78. The predicted molar refractivity (Wildman–Crippen MR) is 93.9 cm³/mol. The molecule has 1 aliphatic rings. The first-order valence-corrected chi connectivity index (χ1v) is 10.1. The van der Waals surface area contributed by atoms with Crippen molar-refractivity contribution in [2.75, 3.05) is 26.2 Å². The van der Waals surface area contributed by atoms with Crippen molar-refractivity contribution < 1.29 is 12.9 Å². The van der Waals surface area contributed by atoms with Crippen molar-refractivity contribution in [3.05, 3.63) is 41.0 Å². The van der Waals surface area contributed by atoms with Crippen LogP contribution in [-0.4, -0.2) is 53.9 Å². The number of hydrogen-bond acceptors (Lipinski definition) is 6. The third-order valence-corrected chi connectivity index (χ3v) is 6.59. The number of hydrogen-bond donors (Lipinski definition) is 0. The molecule has 136 valence electrons. The molecule has 1 unspecified atom stereocenters. The van der Waals surface area contributed by atoms with E-state index in [9.17, 15) is 8.42 Å². The van der Waals surface area contributed by atoms with Crippen LogP contribution < -0.4 is 0 Å². The Morgan fingerprint density at radius 1 is 1.20 bits per heavy atom. The van der Waals surface area contributed by atoms with E-state index in [1.54, 1.807) is 12.1 Å². The lowest BCUT2D eigenvalue weighted by atomic mass is 10.2. The van der Waals surface area contributed by atoms with Crippen molar-refractivity contribution in [2.24, 2.45) is 0 Å².